The van der Waals surface area contributed by atoms with Gasteiger partial charge >= 0.3 is 0 Å². The van der Waals surface area contributed by atoms with Gasteiger partial charge in [0.15, 0.2) is 0 Å². The Labute approximate surface area is 209 Å². The molecule has 1 aromatic carbocycles. The van der Waals surface area contributed by atoms with E-state index in [1.807, 2.05) is 41.3 Å². The predicted octanol–water partition coefficient (Wildman–Crippen LogP) is 3.32. The molecule has 1 unspecified atom stereocenters. The Hall–Kier alpha value is -4.08. The zero-order valence-corrected chi connectivity index (χ0v) is 20.4. The topological polar surface area (TPSA) is 128 Å². The number of rotatable bonds is 6. The Balaban J connectivity index is 1.20. The fraction of sp³-hybridized carbons (Fsp3) is 0.385. The molecule has 2 saturated heterocycles. The fourth-order valence-corrected chi connectivity index (χ4v) is 4.93. The average molecular weight is 488 g/mol. The van der Waals surface area contributed by atoms with Gasteiger partial charge in [-0.05, 0) is 38.0 Å². The van der Waals surface area contributed by atoms with E-state index in [0.29, 0.717) is 48.3 Å². The number of carbonyl (C=O) groups is 2. The lowest BCUT2D eigenvalue weighted by Crippen LogP contribution is -2.42. The minimum Gasteiger partial charge on any atom is -0.386 e. The maximum absolute atomic E-state index is 13.2. The summed E-state index contributed by atoms with van der Waals surface area (Å²) in [6.45, 7) is 3.30. The summed E-state index contributed by atoms with van der Waals surface area (Å²) in [5, 5.41) is 15.1. The van der Waals surface area contributed by atoms with Crippen LogP contribution in [-0.4, -0.2) is 64.2 Å². The van der Waals surface area contributed by atoms with Crippen molar-refractivity contribution in [3.63, 3.8) is 0 Å². The van der Waals surface area contributed by atoms with Crippen LogP contribution in [0.25, 0.3) is 11.4 Å². The van der Waals surface area contributed by atoms with E-state index in [1.54, 1.807) is 25.1 Å². The summed E-state index contributed by atoms with van der Waals surface area (Å²) < 4.78 is 5.58. The highest BCUT2D eigenvalue weighted by Gasteiger charge is 2.38. The molecule has 2 aliphatic rings. The molecule has 0 saturated carbocycles. The minimum absolute atomic E-state index is 0.00689. The van der Waals surface area contributed by atoms with E-state index in [-0.39, 0.29) is 30.1 Å². The normalized spacial score (nSPS) is 18.5. The number of hydrogen-bond acceptors (Lipinski definition) is 8. The average Bonchev–Trinajstić information content (AvgIpc) is 3.56. The Morgan fingerprint density at radius 1 is 1.19 bits per heavy atom. The van der Waals surface area contributed by atoms with Crippen LogP contribution in [0.15, 0.2) is 47.1 Å². The number of anilines is 2. The molecule has 10 nitrogen and oxygen atoms in total. The van der Waals surface area contributed by atoms with Crippen LogP contribution < -0.4 is 10.2 Å². The molecule has 0 aliphatic carbocycles. The molecule has 10 heteroatoms. The predicted molar refractivity (Wildman–Crippen MR) is 135 cm³/mol. The molecule has 0 spiro atoms. The number of amides is 2. The number of piperidine rings is 1. The van der Waals surface area contributed by atoms with Crippen LogP contribution >= 0.6 is 0 Å². The first-order valence-corrected chi connectivity index (χ1v) is 12.2. The van der Waals surface area contributed by atoms with Crippen LogP contribution in [0.4, 0.5) is 11.4 Å². The number of pyridine rings is 1. The van der Waals surface area contributed by atoms with Crippen LogP contribution in [0.5, 0.6) is 0 Å². The van der Waals surface area contributed by atoms with Crippen LogP contribution in [0.2, 0.25) is 0 Å². The number of nitrogens with zero attached hydrogens (tertiary/aromatic N) is 5. The third-order valence-electron chi connectivity index (χ3n) is 6.91. The maximum Gasteiger partial charge on any atom is 0.230 e. The van der Waals surface area contributed by atoms with E-state index in [0.717, 1.165) is 24.2 Å². The lowest BCUT2D eigenvalue weighted by Gasteiger charge is -2.32. The quantitative estimate of drug-likeness (QED) is 0.511. The second-order valence-electron chi connectivity index (χ2n) is 9.29. The maximum atomic E-state index is 13.2. The lowest BCUT2D eigenvalue weighted by atomic mass is 9.95. The van der Waals surface area contributed by atoms with Crippen molar-refractivity contribution in [2.24, 2.45) is 5.92 Å². The van der Waals surface area contributed by atoms with Gasteiger partial charge in [0.2, 0.25) is 23.5 Å². The van der Waals surface area contributed by atoms with E-state index in [1.165, 1.54) is 0 Å². The van der Waals surface area contributed by atoms with Crippen molar-refractivity contribution < 1.29 is 14.1 Å². The molecule has 36 heavy (non-hydrogen) atoms. The van der Waals surface area contributed by atoms with E-state index in [2.05, 4.69) is 20.4 Å². The Kier molecular flexibility index (Phi) is 6.49. The first-order chi connectivity index (χ1) is 17.4. The summed E-state index contributed by atoms with van der Waals surface area (Å²) in [6.07, 6.45) is 3.34. The van der Waals surface area contributed by atoms with Gasteiger partial charge in [-0.1, -0.05) is 23.4 Å². The second-order valence-corrected chi connectivity index (χ2v) is 9.29. The Morgan fingerprint density at radius 2 is 1.94 bits per heavy atom. The summed E-state index contributed by atoms with van der Waals surface area (Å²) in [5.74, 6) is 0.798. The number of para-hydroxylation sites is 1. The first-order valence-electron chi connectivity index (χ1n) is 12.2. The summed E-state index contributed by atoms with van der Waals surface area (Å²) in [7, 11) is 1.78. The molecule has 2 N–H and O–H groups in total. The number of aromatic nitrogens is 3. The highest BCUT2D eigenvalue weighted by atomic mass is 16.5. The number of nitrogens with one attached hydrogen (secondary N) is 2. The molecule has 0 radical (unpaired) electrons. The van der Waals surface area contributed by atoms with Gasteiger partial charge in [-0.2, -0.15) is 4.98 Å². The highest BCUT2D eigenvalue weighted by Crippen LogP contribution is 2.32. The molecule has 2 amide bonds. The number of hydrogen-bond donors (Lipinski definition) is 2. The van der Waals surface area contributed by atoms with Crippen molar-refractivity contribution in [3.05, 3.63) is 54.2 Å². The van der Waals surface area contributed by atoms with Gasteiger partial charge in [-0.15, -0.1) is 0 Å². The molecule has 4 heterocycles. The molecule has 2 aliphatic heterocycles. The van der Waals surface area contributed by atoms with Crippen LogP contribution in [0, 0.1) is 11.3 Å². The van der Waals surface area contributed by atoms with E-state index >= 15 is 0 Å². The van der Waals surface area contributed by atoms with Crippen molar-refractivity contribution in [1.82, 2.24) is 20.0 Å². The zero-order valence-electron chi connectivity index (χ0n) is 20.4. The van der Waals surface area contributed by atoms with Gasteiger partial charge in [0.05, 0.1) is 17.3 Å². The number of likely N-dealkylation sites (tertiary alicyclic amines) is 1. The molecule has 2 aromatic heterocycles. The molecule has 0 bridgehead atoms. The molecule has 5 rings (SSSR count). The molecular weight excluding hydrogens is 458 g/mol. The molecule has 3 aromatic rings. The van der Waals surface area contributed by atoms with Crippen molar-refractivity contribution in [2.75, 3.05) is 36.9 Å². The summed E-state index contributed by atoms with van der Waals surface area (Å²) in [6, 6.07) is 11.4. The number of carbonyl (C=O) groups excluding carboxylic acids is 2. The molecular formula is C26H29N7O3. The minimum atomic E-state index is -0.314. The third-order valence-corrected chi connectivity index (χ3v) is 6.91. The van der Waals surface area contributed by atoms with Crippen molar-refractivity contribution in [1.29, 1.82) is 5.41 Å². The first kappa shape index (κ1) is 23.7. The summed E-state index contributed by atoms with van der Waals surface area (Å²) >= 11 is 0. The van der Waals surface area contributed by atoms with Gasteiger partial charge in [0.1, 0.15) is 5.69 Å². The van der Waals surface area contributed by atoms with Crippen LogP contribution in [-0.2, 0) is 9.59 Å². The summed E-state index contributed by atoms with van der Waals surface area (Å²) in [5.41, 5.74) is 3.23. The monoisotopic (exact) mass is 487 g/mol. The van der Waals surface area contributed by atoms with Crippen LogP contribution in [0.1, 0.15) is 43.7 Å². The smallest absolute Gasteiger partial charge is 0.230 e. The largest absolute Gasteiger partial charge is 0.386 e. The SMILES string of the molecule is CNc1cc(-c2noc(C3CCN(C(=O)C4CC(=O)N(c5ccccc5)C4)CC3)n2)cnc1C(C)=N. The van der Waals surface area contributed by atoms with Gasteiger partial charge in [0.25, 0.3) is 0 Å². The molecule has 1 atom stereocenters. The zero-order chi connectivity index (χ0) is 25.2. The fourth-order valence-electron chi connectivity index (χ4n) is 4.93. The molecule has 2 fully saturated rings. The molecule has 186 valence electrons. The standard InChI is InChI=1S/C26H29N7O3/c1-16(27)23-21(28-2)12-18(14-29-23)24-30-25(36-31-24)17-8-10-32(11-9-17)26(35)19-13-22(34)33(15-19)20-6-4-3-5-7-20/h3-7,12,14,17,19,27-28H,8-11,13,15H2,1-2H3. The van der Waals surface area contributed by atoms with Gasteiger partial charge in [0, 0.05) is 56.5 Å². The van der Waals surface area contributed by atoms with Crippen molar-refractivity contribution >= 4 is 28.9 Å². The Bertz CT molecular complexity index is 1280. The Morgan fingerprint density at radius 3 is 2.64 bits per heavy atom. The van der Waals surface area contributed by atoms with Crippen molar-refractivity contribution in [3.8, 4) is 11.4 Å². The van der Waals surface area contributed by atoms with Crippen molar-refractivity contribution in [2.45, 2.75) is 32.1 Å². The third kappa shape index (κ3) is 4.58. The second kappa shape index (κ2) is 9.88. The number of benzene rings is 1. The van der Waals surface area contributed by atoms with Crippen LogP contribution in [0.3, 0.4) is 0 Å². The highest BCUT2D eigenvalue weighted by molar-refractivity contribution is 6.00. The van der Waals surface area contributed by atoms with E-state index < -0.39 is 0 Å². The summed E-state index contributed by atoms with van der Waals surface area (Å²) in [4.78, 5) is 38.2. The van der Waals surface area contributed by atoms with Gasteiger partial charge < -0.3 is 25.0 Å². The van der Waals surface area contributed by atoms with E-state index in [4.69, 9.17) is 9.93 Å². The van der Waals surface area contributed by atoms with Gasteiger partial charge in [-0.25, -0.2) is 0 Å². The lowest BCUT2D eigenvalue weighted by molar-refractivity contribution is -0.136. The van der Waals surface area contributed by atoms with E-state index in [9.17, 15) is 9.59 Å². The van der Waals surface area contributed by atoms with Gasteiger partial charge in [-0.3, -0.25) is 14.6 Å².